The fourth-order valence-corrected chi connectivity index (χ4v) is 5.09. The zero-order valence-corrected chi connectivity index (χ0v) is 19.8. The number of ketones is 1. The highest BCUT2D eigenvalue weighted by atomic mass is 16.5. The molecule has 6 heteroatoms. The summed E-state index contributed by atoms with van der Waals surface area (Å²) in [6, 6.07) is 14.8. The van der Waals surface area contributed by atoms with Crippen molar-refractivity contribution in [3.63, 3.8) is 0 Å². The maximum absolute atomic E-state index is 13.7. The van der Waals surface area contributed by atoms with Crippen molar-refractivity contribution in [2.75, 3.05) is 19.5 Å². The molecule has 1 saturated carbocycles. The molecule has 2 aromatic rings. The number of nitrogens with one attached hydrogen (secondary N) is 1. The minimum Gasteiger partial charge on any atom is -0.496 e. The molecule has 6 nitrogen and oxygen atoms in total. The Kier molecular flexibility index (Phi) is 6.11. The molecular weight excluding hydrogens is 416 g/mol. The number of aliphatic imine (C=N–C) groups is 1. The predicted octanol–water partition coefficient (Wildman–Crippen LogP) is 5.16. The highest BCUT2D eigenvalue weighted by Crippen LogP contribution is 2.48. The third-order valence-electron chi connectivity index (χ3n) is 6.44. The van der Waals surface area contributed by atoms with Gasteiger partial charge < -0.3 is 14.8 Å². The third kappa shape index (κ3) is 4.30. The number of hydrogen-bond donors (Lipinski definition) is 1. The molecule has 2 aromatic carbocycles. The van der Waals surface area contributed by atoms with Gasteiger partial charge in [0.05, 0.1) is 25.8 Å². The van der Waals surface area contributed by atoms with Crippen molar-refractivity contribution in [1.82, 2.24) is 0 Å². The number of para-hydroxylation sites is 3. The van der Waals surface area contributed by atoms with Crippen LogP contribution in [0.3, 0.4) is 0 Å². The number of carbonyl (C=O) groups excluding carboxylic acids is 2. The van der Waals surface area contributed by atoms with Crippen LogP contribution in [0.5, 0.6) is 11.5 Å². The van der Waals surface area contributed by atoms with Crippen LogP contribution in [-0.2, 0) is 9.59 Å². The molecule has 1 aliphatic carbocycles. The number of methoxy groups -OCH3 is 2. The minimum absolute atomic E-state index is 0.107. The Morgan fingerprint density at radius 1 is 0.970 bits per heavy atom. The predicted molar refractivity (Wildman–Crippen MR) is 129 cm³/mol. The lowest BCUT2D eigenvalue weighted by molar-refractivity contribution is -0.124. The molecule has 0 radical (unpaired) electrons. The van der Waals surface area contributed by atoms with Crippen LogP contribution in [0.2, 0.25) is 0 Å². The lowest BCUT2D eigenvalue weighted by Gasteiger charge is -2.41. The Morgan fingerprint density at radius 2 is 1.61 bits per heavy atom. The molecule has 33 heavy (non-hydrogen) atoms. The molecule has 1 aliphatic heterocycles. The molecule has 172 valence electrons. The number of carbonyl (C=O) groups is 2. The van der Waals surface area contributed by atoms with Gasteiger partial charge in [-0.3, -0.25) is 14.6 Å². The first kappa shape index (κ1) is 22.8. The first-order valence-electron chi connectivity index (χ1n) is 11.1. The standard InChI is InChI=1S/C27H30N2O4/c1-16-23(26(31)29-18-11-7-9-13-22(18)33-5)24(17-10-6-8-12-21(17)32-4)25-19(28-16)14-27(2,3)15-20(25)30/h6-13,24-25H,14-15H2,1-5H3,(H,29,31)/t24-,25+/m1/s1. The largest absolute Gasteiger partial charge is 0.496 e. The van der Waals surface area contributed by atoms with Crippen molar-refractivity contribution < 1.29 is 19.1 Å². The summed E-state index contributed by atoms with van der Waals surface area (Å²) < 4.78 is 11.0. The number of anilines is 1. The van der Waals surface area contributed by atoms with Crippen LogP contribution in [0.15, 0.2) is 64.8 Å². The highest BCUT2D eigenvalue weighted by molar-refractivity contribution is 6.14. The average molecular weight is 447 g/mol. The molecule has 1 heterocycles. The molecule has 1 fully saturated rings. The summed E-state index contributed by atoms with van der Waals surface area (Å²) in [5.74, 6) is 0.0537. The van der Waals surface area contributed by atoms with Gasteiger partial charge in [-0.2, -0.15) is 0 Å². The molecule has 0 unspecified atom stereocenters. The first-order chi connectivity index (χ1) is 15.8. The van der Waals surface area contributed by atoms with E-state index in [0.717, 1.165) is 11.3 Å². The quantitative estimate of drug-likeness (QED) is 0.688. The van der Waals surface area contributed by atoms with Gasteiger partial charge in [0.2, 0.25) is 0 Å². The van der Waals surface area contributed by atoms with E-state index in [1.165, 1.54) is 0 Å². The second kappa shape index (κ2) is 8.85. The number of Topliss-reactive ketones (excluding diaryl/α,β-unsaturated/α-hetero) is 1. The zero-order chi connectivity index (χ0) is 23.8. The van der Waals surface area contributed by atoms with E-state index in [1.54, 1.807) is 26.4 Å². The van der Waals surface area contributed by atoms with Crippen LogP contribution in [-0.4, -0.2) is 31.6 Å². The summed E-state index contributed by atoms with van der Waals surface area (Å²) in [5, 5.41) is 2.98. The molecule has 0 saturated heterocycles. The van der Waals surface area contributed by atoms with Crippen molar-refractivity contribution in [3.05, 3.63) is 65.4 Å². The molecule has 1 amide bonds. The van der Waals surface area contributed by atoms with E-state index in [2.05, 4.69) is 19.2 Å². The number of amides is 1. The topological polar surface area (TPSA) is 77.0 Å². The van der Waals surface area contributed by atoms with Crippen molar-refractivity contribution in [3.8, 4) is 11.5 Å². The van der Waals surface area contributed by atoms with E-state index < -0.39 is 11.8 Å². The molecular formula is C27H30N2O4. The maximum Gasteiger partial charge on any atom is 0.254 e. The number of nitrogens with zero attached hydrogens (tertiary/aromatic N) is 1. The zero-order valence-electron chi connectivity index (χ0n) is 19.8. The summed E-state index contributed by atoms with van der Waals surface area (Å²) in [7, 11) is 3.17. The lowest BCUT2D eigenvalue weighted by atomic mass is 9.63. The van der Waals surface area contributed by atoms with Crippen LogP contribution in [0, 0.1) is 11.3 Å². The number of benzene rings is 2. The van der Waals surface area contributed by atoms with Crippen LogP contribution < -0.4 is 14.8 Å². The van der Waals surface area contributed by atoms with Gasteiger partial charge in [-0.05, 0) is 37.0 Å². The number of fused-ring (bicyclic) bond motifs is 1. The first-order valence-corrected chi connectivity index (χ1v) is 11.1. The summed E-state index contributed by atoms with van der Waals surface area (Å²) in [6.45, 7) is 6.02. The summed E-state index contributed by atoms with van der Waals surface area (Å²) in [5.41, 5.74) is 3.17. The van der Waals surface area contributed by atoms with Crippen molar-refractivity contribution in [2.45, 2.75) is 39.5 Å². The van der Waals surface area contributed by atoms with Gasteiger partial charge in [-0.25, -0.2) is 0 Å². The Labute approximate surface area is 194 Å². The van der Waals surface area contributed by atoms with Gasteiger partial charge in [0, 0.05) is 34.9 Å². The number of hydrogen-bond acceptors (Lipinski definition) is 5. The molecule has 0 spiro atoms. The number of ether oxygens (including phenoxy) is 2. The molecule has 2 atom stereocenters. The molecule has 1 N–H and O–H groups in total. The SMILES string of the molecule is COc1ccccc1NC(=O)C1=C(C)N=C2CC(C)(C)CC(=O)[C@H]2[C@@H]1c1ccccc1OC. The van der Waals surface area contributed by atoms with Crippen molar-refractivity contribution >= 4 is 23.1 Å². The Bertz CT molecular complexity index is 1160. The van der Waals surface area contributed by atoms with E-state index in [4.69, 9.17) is 14.5 Å². The fourth-order valence-electron chi connectivity index (χ4n) is 5.09. The lowest BCUT2D eigenvalue weighted by Crippen LogP contribution is -2.44. The smallest absolute Gasteiger partial charge is 0.254 e. The number of rotatable bonds is 5. The van der Waals surface area contributed by atoms with Crippen LogP contribution in [0.1, 0.15) is 45.1 Å². The van der Waals surface area contributed by atoms with Crippen LogP contribution in [0.4, 0.5) is 5.69 Å². The Hall–Kier alpha value is -3.41. The van der Waals surface area contributed by atoms with E-state index in [9.17, 15) is 9.59 Å². The second-order valence-electron chi connectivity index (χ2n) is 9.44. The normalized spacial score (nSPS) is 21.7. The Morgan fingerprint density at radius 3 is 2.30 bits per heavy atom. The Balaban J connectivity index is 1.85. The average Bonchev–Trinajstić information content (AvgIpc) is 2.77. The van der Waals surface area contributed by atoms with Gasteiger partial charge >= 0.3 is 0 Å². The maximum atomic E-state index is 13.7. The van der Waals surface area contributed by atoms with Gasteiger partial charge in [0.15, 0.2) is 0 Å². The molecule has 0 bridgehead atoms. The molecule has 4 rings (SSSR count). The van der Waals surface area contributed by atoms with E-state index in [0.29, 0.717) is 41.3 Å². The monoisotopic (exact) mass is 446 g/mol. The summed E-state index contributed by atoms with van der Waals surface area (Å²) in [6.07, 6.45) is 1.16. The summed E-state index contributed by atoms with van der Waals surface area (Å²) >= 11 is 0. The van der Waals surface area contributed by atoms with E-state index in [1.807, 2.05) is 43.3 Å². The third-order valence-corrected chi connectivity index (χ3v) is 6.44. The number of allylic oxidation sites excluding steroid dienone is 1. The minimum atomic E-state index is -0.489. The van der Waals surface area contributed by atoms with E-state index >= 15 is 0 Å². The van der Waals surface area contributed by atoms with Gasteiger partial charge in [0.1, 0.15) is 17.3 Å². The highest BCUT2D eigenvalue weighted by Gasteiger charge is 2.48. The van der Waals surface area contributed by atoms with Crippen LogP contribution >= 0.6 is 0 Å². The second-order valence-corrected chi connectivity index (χ2v) is 9.44. The molecule has 2 aliphatic rings. The van der Waals surface area contributed by atoms with Gasteiger partial charge in [0.25, 0.3) is 5.91 Å². The van der Waals surface area contributed by atoms with Crippen molar-refractivity contribution in [2.24, 2.45) is 16.3 Å². The van der Waals surface area contributed by atoms with Crippen molar-refractivity contribution in [1.29, 1.82) is 0 Å². The summed E-state index contributed by atoms with van der Waals surface area (Å²) in [4.78, 5) is 32.0. The fraction of sp³-hybridized carbons (Fsp3) is 0.370. The van der Waals surface area contributed by atoms with Gasteiger partial charge in [-0.15, -0.1) is 0 Å². The molecule has 0 aromatic heterocycles. The van der Waals surface area contributed by atoms with Gasteiger partial charge in [-0.1, -0.05) is 44.2 Å². The van der Waals surface area contributed by atoms with Crippen LogP contribution in [0.25, 0.3) is 0 Å². The van der Waals surface area contributed by atoms with E-state index in [-0.39, 0.29) is 17.1 Å².